The second-order valence-corrected chi connectivity index (χ2v) is 9.32. The molecule has 1 aliphatic rings. The average Bonchev–Trinajstić information content (AvgIpc) is 2.71. The van der Waals surface area contributed by atoms with Gasteiger partial charge in [0.25, 0.3) is 5.91 Å². The van der Waals surface area contributed by atoms with Crippen LogP contribution in [0, 0.1) is 0 Å². The van der Waals surface area contributed by atoms with E-state index >= 15 is 0 Å². The lowest BCUT2D eigenvalue weighted by atomic mass is 10.1. The maximum Gasteiger partial charge on any atom is 0.255 e. The molecule has 0 aliphatic carbocycles. The van der Waals surface area contributed by atoms with Crippen molar-refractivity contribution in [3.05, 3.63) is 29.8 Å². The van der Waals surface area contributed by atoms with Gasteiger partial charge in [0.1, 0.15) is 5.75 Å². The number of aliphatic imine (C=N–C) groups is 1. The molecule has 10 heteroatoms. The Kier molecular flexibility index (Phi) is 9.38. The molecule has 1 aliphatic heterocycles. The van der Waals surface area contributed by atoms with Crippen LogP contribution in [0.4, 0.5) is 0 Å². The normalized spacial score (nSPS) is 16.3. The average molecular weight is 440 g/mol. The van der Waals surface area contributed by atoms with E-state index < -0.39 is 15.9 Å². The summed E-state index contributed by atoms with van der Waals surface area (Å²) in [7, 11) is -3.14. The highest BCUT2D eigenvalue weighted by Crippen LogP contribution is 2.16. The van der Waals surface area contributed by atoms with Crippen molar-refractivity contribution in [3.8, 4) is 5.75 Å². The van der Waals surface area contributed by atoms with Gasteiger partial charge >= 0.3 is 0 Å². The number of benzene rings is 1. The minimum atomic E-state index is -3.14. The van der Waals surface area contributed by atoms with Crippen LogP contribution in [-0.2, 0) is 21.4 Å². The number of piperidine rings is 1. The number of sulfonamides is 1. The number of nitrogens with one attached hydrogen (secondary N) is 2. The Morgan fingerprint density at radius 1 is 1.30 bits per heavy atom. The van der Waals surface area contributed by atoms with E-state index in [1.54, 1.807) is 10.4 Å². The van der Waals surface area contributed by atoms with Crippen molar-refractivity contribution in [1.29, 1.82) is 0 Å². The van der Waals surface area contributed by atoms with Crippen molar-refractivity contribution in [2.24, 2.45) is 10.7 Å². The molecule has 2 rings (SSSR count). The summed E-state index contributed by atoms with van der Waals surface area (Å²) in [5.74, 6) is 0.943. The van der Waals surface area contributed by atoms with Gasteiger partial charge < -0.3 is 21.1 Å². The summed E-state index contributed by atoms with van der Waals surface area (Å²) in [6.45, 7) is 5.92. The van der Waals surface area contributed by atoms with Gasteiger partial charge in [0.15, 0.2) is 12.6 Å². The molecule has 4 N–H and O–H groups in total. The number of carbonyl (C=O) groups is 1. The smallest absolute Gasteiger partial charge is 0.255 e. The lowest BCUT2D eigenvalue weighted by molar-refractivity contribution is -0.119. The molecule has 1 saturated heterocycles. The topological polar surface area (TPSA) is 126 Å². The molecule has 1 aromatic carbocycles. The van der Waals surface area contributed by atoms with Crippen LogP contribution in [-0.4, -0.2) is 62.6 Å². The summed E-state index contributed by atoms with van der Waals surface area (Å²) in [4.78, 5) is 15.5. The number of nitrogens with two attached hydrogens (primary N) is 1. The van der Waals surface area contributed by atoms with Gasteiger partial charge in [0.2, 0.25) is 10.0 Å². The molecule has 9 nitrogen and oxygen atoms in total. The van der Waals surface area contributed by atoms with Crippen LogP contribution in [0.25, 0.3) is 0 Å². The maximum absolute atomic E-state index is 12.2. The molecular weight excluding hydrogens is 406 g/mol. The lowest BCUT2D eigenvalue weighted by Crippen LogP contribution is -2.50. The standard InChI is InChI=1S/C20H33N5O4S/c1-3-12-30(27,28)25-10-8-17(9-11-25)24-20(22-4-2)23-14-16-6-5-7-18(13-16)29-15-19(21)26/h5-7,13,17H,3-4,8-12,14-15H2,1-2H3,(H2,21,26)(H2,22,23,24). The molecule has 1 heterocycles. The van der Waals surface area contributed by atoms with Crippen LogP contribution < -0.4 is 21.1 Å². The van der Waals surface area contributed by atoms with Crippen LogP contribution >= 0.6 is 0 Å². The zero-order chi connectivity index (χ0) is 22.0. The molecule has 0 aromatic heterocycles. The number of rotatable bonds is 10. The van der Waals surface area contributed by atoms with E-state index in [1.807, 2.05) is 32.0 Å². The Bertz CT molecular complexity index is 820. The van der Waals surface area contributed by atoms with Crippen molar-refractivity contribution < 1.29 is 17.9 Å². The molecule has 168 valence electrons. The molecule has 0 atom stereocenters. The third kappa shape index (κ3) is 7.83. The third-order valence-corrected chi connectivity index (χ3v) is 6.77. The summed E-state index contributed by atoms with van der Waals surface area (Å²) in [5, 5.41) is 6.64. The fourth-order valence-corrected chi connectivity index (χ4v) is 4.78. The summed E-state index contributed by atoms with van der Waals surface area (Å²) in [6, 6.07) is 7.53. The monoisotopic (exact) mass is 439 g/mol. The second-order valence-electron chi connectivity index (χ2n) is 7.23. The van der Waals surface area contributed by atoms with Crippen LogP contribution in [0.15, 0.2) is 29.3 Å². The highest BCUT2D eigenvalue weighted by atomic mass is 32.2. The van der Waals surface area contributed by atoms with Gasteiger partial charge in [-0.25, -0.2) is 17.7 Å². The third-order valence-electron chi connectivity index (χ3n) is 4.69. The first-order valence-corrected chi connectivity index (χ1v) is 12.0. The number of nitrogens with zero attached hydrogens (tertiary/aromatic N) is 2. The Morgan fingerprint density at radius 3 is 2.67 bits per heavy atom. The van der Waals surface area contributed by atoms with Gasteiger partial charge in [-0.05, 0) is 43.9 Å². The molecule has 1 aromatic rings. The van der Waals surface area contributed by atoms with E-state index in [0.717, 1.165) is 24.9 Å². The quantitative estimate of drug-likeness (QED) is 0.366. The van der Waals surface area contributed by atoms with Gasteiger partial charge in [0.05, 0.1) is 12.3 Å². The van der Waals surface area contributed by atoms with Crippen molar-refractivity contribution in [3.63, 3.8) is 0 Å². The molecule has 0 bridgehead atoms. The molecule has 1 fully saturated rings. The SMILES string of the molecule is CCCS(=O)(=O)N1CCC(NC(=NCc2cccc(OCC(N)=O)c2)NCC)CC1. The van der Waals surface area contributed by atoms with Crippen molar-refractivity contribution in [2.45, 2.75) is 45.7 Å². The van der Waals surface area contributed by atoms with Crippen LogP contribution in [0.3, 0.4) is 0 Å². The Hall–Kier alpha value is -2.33. The Balaban J connectivity index is 1.92. The van der Waals surface area contributed by atoms with Crippen LogP contribution in [0.2, 0.25) is 0 Å². The van der Waals surface area contributed by atoms with Crippen molar-refractivity contribution in [2.75, 3.05) is 32.0 Å². The number of amides is 1. The van der Waals surface area contributed by atoms with Crippen LogP contribution in [0.5, 0.6) is 5.75 Å². The number of carbonyl (C=O) groups excluding carboxylic acids is 1. The van der Waals surface area contributed by atoms with Crippen LogP contribution in [0.1, 0.15) is 38.7 Å². The van der Waals surface area contributed by atoms with E-state index in [-0.39, 0.29) is 18.4 Å². The first-order chi connectivity index (χ1) is 14.3. The Labute approximate surface area is 179 Å². The van der Waals surface area contributed by atoms with E-state index in [4.69, 9.17) is 10.5 Å². The molecule has 30 heavy (non-hydrogen) atoms. The molecule has 1 amide bonds. The lowest BCUT2D eigenvalue weighted by Gasteiger charge is -2.32. The molecule has 0 spiro atoms. The van der Waals surface area contributed by atoms with E-state index in [0.29, 0.717) is 37.8 Å². The zero-order valence-electron chi connectivity index (χ0n) is 17.8. The number of hydrogen-bond acceptors (Lipinski definition) is 5. The number of guanidine groups is 1. The fraction of sp³-hybridized carbons (Fsp3) is 0.600. The molecule has 0 saturated carbocycles. The van der Waals surface area contributed by atoms with E-state index in [1.165, 1.54) is 0 Å². The van der Waals surface area contributed by atoms with E-state index in [9.17, 15) is 13.2 Å². The zero-order valence-corrected chi connectivity index (χ0v) is 18.6. The largest absolute Gasteiger partial charge is 0.484 e. The minimum absolute atomic E-state index is 0.163. The van der Waals surface area contributed by atoms with Crippen molar-refractivity contribution >= 4 is 21.9 Å². The summed E-state index contributed by atoms with van der Waals surface area (Å²) < 4.78 is 31.4. The molecular formula is C20H33N5O4S. The summed E-state index contributed by atoms with van der Waals surface area (Å²) >= 11 is 0. The Morgan fingerprint density at radius 2 is 2.03 bits per heavy atom. The highest BCUT2D eigenvalue weighted by molar-refractivity contribution is 7.89. The summed E-state index contributed by atoms with van der Waals surface area (Å²) in [6.07, 6.45) is 2.11. The predicted octanol–water partition coefficient (Wildman–Crippen LogP) is 0.810. The molecule has 0 radical (unpaired) electrons. The minimum Gasteiger partial charge on any atom is -0.484 e. The van der Waals surface area contributed by atoms with Gasteiger partial charge in [-0.1, -0.05) is 19.1 Å². The van der Waals surface area contributed by atoms with Crippen molar-refractivity contribution in [1.82, 2.24) is 14.9 Å². The number of primary amides is 1. The number of ether oxygens (including phenoxy) is 1. The van der Waals surface area contributed by atoms with Gasteiger partial charge in [-0.2, -0.15) is 0 Å². The maximum atomic E-state index is 12.2. The second kappa shape index (κ2) is 11.8. The number of hydrogen-bond donors (Lipinski definition) is 3. The first-order valence-electron chi connectivity index (χ1n) is 10.4. The predicted molar refractivity (Wildman–Crippen MR) is 118 cm³/mol. The summed E-state index contributed by atoms with van der Waals surface area (Å²) in [5.41, 5.74) is 6.05. The van der Waals surface area contributed by atoms with Gasteiger partial charge in [0, 0.05) is 25.7 Å². The molecule has 0 unspecified atom stereocenters. The highest BCUT2D eigenvalue weighted by Gasteiger charge is 2.27. The fourth-order valence-electron chi connectivity index (χ4n) is 3.24. The van der Waals surface area contributed by atoms with E-state index in [2.05, 4.69) is 15.6 Å². The first kappa shape index (κ1) is 23.9. The van der Waals surface area contributed by atoms with Gasteiger partial charge in [-0.3, -0.25) is 4.79 Å². The van der Waals surface area contributed by atoms with Gasteiger partial charge in [-0.15, -0.1) is 0 Å².